The number of halogens is 1. The number of hydrogen-bond donors (Lipinski definition) is 1. The average molecular weight is 423 g/mol. The van der Waals surface area contributed by atoms with Crippen LogP contribution in [0, 0.1) is 5.82 Å². The van der Waals surface area contributed by atoms with Crippen LogP contribution in [0.5, 0.6) is 0 Å². The Morgan fingerprint density at radius 3 is 2.68 bits per heavy atom. The fourth-order valence-electron chi connectivity index (χ4n) is 4.84. The van der Waals surface area contributed by atoms with Crippen molar-refractivity contribution in [3.8, 4) is 5.69 Å². The molecule has 0 radical (unpaired) electrons. The lowest BCUT2D eigenvalue weighted by atomic mass is 9.92. The van der Waals surface area contributed by atoms with Crippen LogP contribution in [0.15, 0.2) is 42.9 Å². The van der Waals surface area contributed by atoms with Crippen molar-refractivity contribution in [2.45, 2.75) is 58.5 Å². The molecule has 1 atom stereocenters. The van der Waals surface area contributed by atoms with Crippen LogP contribution in [0.4, 0.5) is 4.39 Å². The third-order valence-corrected chi connectivity index (χ3v) is 6.17. The third kappa shape index (κ3) is 4.09. The topological polar surface area (TPSA) is 50.2 Å². The second kappa shape index (κ2) is 8.79. The Kier molecular flexibility index (Phi) is 6.10. The molecular formula is C25H31FN4O. The molecule has 1 unspecified atom stereocenters. The quantitative estimate of drug-likeness (QED) is 0.637. The summed E-state index contributed by atoms with van der Waals surface area (Å²) < 4.78 is 16.3. The van der Waals surface area contributed by atoms with Gasteiger partial charge in [-0.2, -0.15) is 0 Å². The Labute approximate surface area is 183 Å². The van der Waals surface area contributed by atoms with E-state index in [1.807, 2.05) is 50.7 Å². The van der Waals surface area contributed by atoms with E-state index in [1.54, 1.807) is 11.0 Å². The maximum Gasteiger partial charge on any atom is 0.256 e. The highest BCUT2D eigenvalue weighted by atomic mass is 19.1. The van der Waals surface area contributed by atoms with E-state index in [0.29, 0.717) is 17.2 Å². The Morgan fingerprint density at radius 1 is 1.23 bits per heavy atom. The molecule has 1 amide bonds. The van der Waals surface area contributed by atoms with Crippen LogP contribution in [0.2, 0.25) is 0 Å². The molecule has 4 rings (SSSR count). The predicted molar refractivity (Wildman–Crippen MR) is 122 cm³/mol. The number of piperidine rings is 1. The molecule has 1 saturated heterocycles. The zero-order chi connectivity index (χ0) is 22.1. The number of fused-ring (bicyclic) bond motifs is 1. The van der Waals surface area contributed by atoms with Crippen LogP contribution in [0.3, 0.4) is 0 Å². The van der Waals surface area contributed by atoms with Gasteiger partial charge in [0.2, 0.25) is 0 Å². The molecule has 1 aromatic carbocycles. The molecule has 1 N–H and O–H groups in total. The Morgan fingerprint density at radius 2 is 2.00 bits per heavy atom. The summed E-state index contributed by atoms with van der Waals surface area (Å²) >= 11 is 0. The van der Waals surface area contributed by atoms with E-state index in [2.05, 4.69) is 16.5 Å². The summed E-state index contributed by atoms with van der Waals surface area (Å²) in [5.41, 5.74) is 3.24. The van der Waals surface area contributed by atoms with Crippen molar-refractivity contribution >= 4 is 16.8 Å². The van der Waals surface area contributed by atoms with Crippen molar-refractivity contribution in [1.29, 1.82) is 0 Å². The standard InChI is InChI=1S/C25H31FN4O/c1-16(2)30(17(3)4)25(31)21-12-19(26)7-8-23(21)29-15-22(18-6-5-10-27-13-18)20-9-11-28-14-24(20)29/h7-9,11-12,14-18,27H,5-6,10,13H2,1-4H3. The molecule has 0 saturated carbocycles. The van der Waals surface area contributed by atoms with Gasteiger partial charge < -0.3 is 14.8 Å². The number of benzene rings is 1. The molecule has 3 heterocycles. The number of amides is 1. The van der Waals surface area contributed by atoms with E-state index in [9.17, 15) is 9.18 Å². The maximum absolute atomic E-state index is 14.3. The van der Waals surface area contributed by atoms with Gasteiger partial charge in [-0.05, 0) is 82.8 Å². The summed E-state index contributed by atoms with van der Waals surface area (Å²) in [6.45, 7) is 9.93. The molecule has 31 heavy (non-hydrogen) atoms. The van der Waals surface area contributed by atoms with E-state index in [-0.39, 0.29) is 18.0 Å². The highest BCUT2D eigenvalue weighted by Gasteiger charge is 2.27. The van der Waals surface area contributed by atoms with Crippen molar-refractivity contribution in [2.24, 2.45) is 0 Å². The molecule has 0 spiro atoms. The number of aromatic nitrogens is 2. The number of nitrogens with zero attached hydrogens (tertiary/aromatic N) is 3. The summed E-state index contributed by atoms with van der Waals surface area (Å²) in [6, 6.07) is 6.54. The van der Waals surface area contributed by atoms with E-state index in [1.165, 1.54) is 17.7 Å². The van der Waals surface area contributed by atoms with Crippen LogP contribution in [-0.4, -0.2) is 45.5 Å². The lowest BCUT2D eigenvalue weighted by Gasteiger charge is -2.31. The van der Waals surface area contributed by atoms with Gasteiger partial charge in [0.25, 0.3) is 5.91 Å². The number of pyridine rings is 1. The first-order valence-corrected chi connectivity index (χ1v) is 11.2. The Hall–Kier alpha value is -2.73. The molecule has 6 heteroatoms. The monoisotopic (exact) mass is 422 g/mol. The number of carbonyl (C=O) groups is 1. The van der Waals surface area contributed by atoms with Gasteiger partial charge in [0, 0.05) is 36.4 Å². The first-order chi connectivity index (χ1) is 14.9. The smallest absolute Gasteiger partial charge is 0.256 e. The molecule has 1 fully saturated rings. The van der Waals surface area contributed by atoms with Crippen molar-refractivity contribution in [2.75, 3.05) is 13.1 Å². The second-order valence-corrected chi connectivity index (χ2v) is 8.95. The predicted octanol–water partition coefficient (Wildman–Crippen LogP) is 4.89. The number of nitrogens with one attached hydrogen (secondary N) is 1. The van der Waals surface area contributed by atoms with Gasteiger partial charge in [-0.3, -0.25) is 9.78 Å². The average Bonchev–Trinajstić information content (AvgIpc) is 3.13. The third-order valence-electron chi connectivity index (χ3n) is 6.17. The molecule has 0 aliphatic carbocycles. The van der Waals surface area contributed by atoms with Crippen LogP contribution < -0.4 is 5.32 Å². The molecule has 3 aromatic rings. The van der Waals surface area contributed by atoms with Gasteiger partial charge in [0.05, 0.1) is 23.0 Å². The summed E-state index contributed by atoms with van der Waals surface area (Å²) in [6.07, 6.45) is 8.01. The molecule has 0 bridgehead atoms. The van der Waals surface area contributed by atoms with Crippen LogP contribution in [-0.2, 0) is 0 Å². The van der Waals surface area contributed by atoms with Gasteiger partial charge in [-0.1, -0.05) is 0 Å². The minimum Gasteiger partial charge on any atom is -0.334 e. The molecule has 2 aromatic heterocycles. The minimum atomic E-state index is -0.411. The van der Waals surface area contributed by atoms with Crippen molar-refractivity contribution < 1.29 is 9.18 Å². The second-order valence-electron chi connectivity index (χ2n) is 8.95. The van der Waals surface area contributed by atoms with Gasteiger partial charge in [0.1, 0.15) is 5.82 Å². The van der Waals surface area contributed by atoms with E-state index in [4.69, 9.17) is 0 Å². The van der Waals surface area contributed by atoms with Crippen LogP contribution in [0.25, 0.3) is 16.6 Å². The summed E-state index contributed by atoms with van der Waals surface area (Å²) in [4.78, 5) is 19.7. The number of rotatable bonds is 5. The molecule has 164 valence electrons. The van der Waals surface area contributed by atoms with Crippen molar-refractivity contribution in [1.82, 2.24) is 19.8 Å². The van der Waals surface area contributed by atoms with Crippen molar-refractivity contribution in [3.05, 3.63) is 59.8 Å². The maximum atomic E-state index is 14.3. The fraction of sp³-hybridized carbons (Fsp3) is 0.440. The number of hydrogen-bond acceptors (Lipinski definition) is 3. The summed E-state index contributed by atoms with van der Waals surface area (Å²) in [5.74, 6) is -0.167. The zero-order valence-corrected chi connectivity index (χ0v) is 18.7. The van der Waals surface area contributed by atoms with Gasteiger partial charge >= 0.3 is 0 Å². The van der Waals surface area contributed by atoms with Crippen LogP contribution in [0.1, 0.15) is 62.4 Å². The van der Waals surface area contributed by atoms with E-state index in [0.717, 1.165) is 36.8 Å². The van der Waals surface area contributed by atoms with Gasteiger partial charge in [0.15, 0.2) is 0 Å². The molecular weight excluding hydrogens is 391 g/mol. The molecule has 5 nitrogen and oxygen atoms in total. The highest BCUT2D eigenvalue weighted by molar-refractivity contribution is 5.99. The lowest BCUT2D eigenvalue weighted by Crippen LogP contribution is -2.42. The SMILES string of the molecule is CC(C)N(C(=O)c1cc(F)ccc1-n1cc(C2CCCNC2)c2ccncc21)C(C)C. The minimum absolute atomic E-state index is 0.00978. The largest absolute Gasteiger partial charge is 0.334 e. The summed E-state index contributed by atoms with van der Waals surface area (Å²) in [7, 11) is 0. The normalized spacial score (nSPS) is 16.9. The Balaban J connectivity index is 1.88. The lowest BCUT2D eigenvalue weighted by molar-refractivity contribution is 0.0643. The van der Waals surface area contributed by atoms with Gasteiger partial charge in [-0.15, -0.1) is 0 Å². The molecule has 1 aliphatic rings. The number of carbonyl (C=O) groups excluding carboxylic acids is 1. The Bertz CT molecular complexity index is 1070. The first-order valence-electron chi connectivity index (χ1n) is 11.2. The van der Waals surface area contributed by atoms with Crippen LogP contribution >= 0.6 is 0 Å². The summed E-state index contributed by atoms with van der Waals surface area (Å²) in [5, 5.41) is 4.62. The zero-order valence-electron chi connectivity index (χ0n) is 18.7. The van der Waals surface area contributed by atoms with E-state index >= 15 is 0 Å². The fourth-order valence-corrected chi connectivity index (χ4v) is 4.84. The first kappa shape index (κ1) is 21.5. The van der Waals surface area contributed by atoms with E-state index < -0.39 is 5.82 Å². The van der Waals surface area contributed by atoms with Crippen molar-refractivity contribution in [3.63, 3.8) is 0 Å². The molecule has 1 aliphatic heterocycles. The van der Waals surface area contributed by atoms with Gasteiger partial charge in [-0.25, -0.2) is 4.39 Å². The highest BCUT2D eigenvalue weighted by Crippen LogP contribution is 2.34.